The zero-order valence-electron chi connectivity index (χ0n) is 15.5. The molecule has 0 saturated heterocycles. The molecule has 0 amide bonds. The Balaban J connectivity index is 2.00. The summed E-state index contributed by atoms with van der Waals surface area (Å²) in [7, 11) is 1.58. The molecule has 154 valence electrons. The molecule has 2 aromatic heterocycles. The van der Waals surface area contributed by atoms with Crippen LogP contribution in [0.25, 0.3) is 0 Å². The van der Waals surface area contributed by atoms with Gasteiger partial charge in [-0.25, -0.2) is 15.0 Å². The van der Waals surface area contributed by atoms with E-state index in [1.165, 1.54) is 0 Å². The Labute approximate surface area is 165 Å². The number of nitrogens with one attached hydrogen (secondary N) is 2. The molecule has 0 saturated carbocycles. The van der Waals surface area contributed by atoms with Gasteiger partial charge in [0.25, 0.3) is 0 Å². The summed E-state index contributed by atoms with van der Waals surface area (Å²) >= 11 is 0.946. The second kappa shape index (κ2) is 10.8. The normalized spacial score (nSPS) is 12.1. The first kappa shape index (κ1) is 21.9. The van der Waals surface area contributed by atoms with Crippen molar-refractivity contribution in [3.8, 4) is 5.88 Å². The number of ether oxygens (including phenoxy) is 2. The van der Waals surface area contributed by atoms with Crippen LogP contribution in [0.15, 0.2) is 28.7 Å². The highest BCUT2D eigenvalue weighted by atomic mass is 32.1. The summed E-state index contributed by atoms with van der Waals surface area (Å²) in [5, 5.41) is 7.35. The molecule has 0 bridgehead atoms. The summed E-state index contributed by atoms with van der Waals surface area (Å²) in [6, 6.07) is 3.63. The number of rotatable bonds is 9. The fourth-order valence-corrected chi connectivity index (χ4v) is 2.82. The second-order valence-corrected chi connectivity index (χ2v) is 6.42. The Morgan fingerprint density at radius 2 is 2.11 bits per heavy atom. The van der Waals surface area contributed by atoms with Crippen LogP contribution in [0.1, 0.15) is 23.2 Å². The van der Waals surface area contributed by atoms with Gasteiger partial charge in [-0.2, -0.15) is 13.2 Å². The molecule has 0 unspecified atom stereocenters. The Morgan fingerprint density at radius 3 is 2.79 bits per heavy atom. The Hall–Kier alpha value is -2.40. The minimum Gasteiger partial charge on any atom is -0.475 e. The highest BCUT2D eigenvalue weighted by Crippen LogP contribution is 2.29. The Kier molecular flexibility index (Phi) is 8.45. The van der Waals surface area contributed by atoms with Crippen molar-refractivity contribution in [2.75, 3.05) is 26.9 Å². The lowest BCUT2D eigenvalue weighted by atomic mass is 10.3. The third-order valence-electron chi connectivity index (χ3n) is 3.38. The maximum absolute atomic E-state index is 12.6. The maximum Gasteiger partial charge on any atom is 0.434 e. The summed E-state index contributed by atoms with van der Waals surface area (Å²) in [5.41, 5.74) is -0.103. The zero-order valence-corrected chi connectivity index (χ0v) is 16.4. The molecule has 0 atom stereocenters. The number of alkyl halides is 3. The van der Waals surface area contributed by atoms with Gasteiger partial charge in [0.2, 0.25) is 5.88 Å². The van der Waals surface area contributed by atoms with Crippen molar-refractivity contribution in [3.05, 3.63) is 40.0 Å². The summed E-state index contributed by atoms with van der Waals surface area (Å²) in [4.78, 5) is 12.2. The smallest absolute Gasteiger partial charge is 0.434 e. The van der Waals surface area contributed by atoms with Gasteiger partial charge in [-0.15, -0.1) is 11.3 Å². The minimum atomic E-state index is -4.44. The van der Waals surface area contributed by atoms with Crippen molar-refractivity contribution in [2.45, 2.75) is 26.2 Å². The van der Waals surface area contributed by atoms with Gasteiger partial charge in [-0.1, -0.05) is 6.07 Å². The lowest BCUT2D eigenvalue weighted by Crippen LogP contribution is -2.36. The molecule has 28 heavy (non-hydrogen) atoms. The fraction of sp³-hybridized carbons (Fsp3) is 0.471. The van der Waals surface area contributed by atoms with Gasteiger partial charge >= 0.3 is 6.18 Å². The first-order valence-corrected chi connectivity index (χ1v) is 9.41. The van der Waals surface area contributed by atoms with E-state index in [2.05, 4.69) is 25.6 Å². The van der Waals surface area contributed by atoms with Crippen LogP contribution in [0.4, 0.5) is 13.2 Å². The number of pyridine rings is 1. The van der Waals surface area contributed by atoms with Gasteiger partial charge in [0.15, 0.2) is 11.7 Å². The lowest BCUT2D eigenvalue weighted by molar-refractivity contribution is -0.140. The van der Waals surface area contributed by atoms with E-state index in [1.807, 2.05) is 13.0 Å². The first-order chi connectivity index (χ1) is 13.4. The third kappa shape index (κ3) is 6.97. The van der Waals surface area contributed by atoms with E-state index in [0.717, 1.165) is 22.3 Å². The molecular formula is C17H22F3N5O2S. The van der Waals surface area contributed by atoms with E-state index in [4.69, 9.17) is 9.47 Å². The van der Waals surface area contributed by atoms with Crippen molar-refractivity contribution in [1.29, 1.82) is 0 Å². The van der Waals surface area contributed by atoms with Gasteiger partial charge in [0.1, 0.15) is 11.6 Å². The lowest BCUT2D eigenvalue weighted by Gasteiger charge is -2.11. The van der Waals surface area contributed by atoms with Gasteiger partial charge in [0, 0.05) is 30.8 Å². The Bertz CT molecular complexity index is 767. The second-order valence-electron chi connectivity index (χ2n) is 5.48. The molecule has 0 radical (unpaired) electrons. The van der Waals surface area contributed by atoms with Crippen molar-refractivity contribution in [2.24, 2.45) is 4.99 Å². The maximum atomic E-state index is 12.6. The van der Waals surface area contributed by atoms with Crippen LogP contribution >= 0.6 is 11.3 Å². The molecule has 0 aromatic carbocycles. The fourth-order valence-electron chi connectivity index (χ4n) is 2.08. The molecule has 0 aliphatic carbocycles. The average molecular weight is 417 g/mol. The van der Waals surface area contributed by atoms with Gasteiger partial charge < -0.3 is 20.1 Å². The number of aliphatic imine (C=N–C) groups is 1. The number of methoxy groups -OCH3 is 1. The van der Waals surface area contributed by atoms with Crippen molar-refractivity contribution >= 4 is 17.3 Å². The molecule has 0 fully saturated rings. The number of thiazole rings is 1. The molecule has 7 nitrogen and oxygen atoms in total. The standard InChI is InChI=1S/C17H22F3N5O2S/c1-3-21-16(24-10-14-25-13(11-28-14)17(18,19)20)23-9-12-5-4-6-22-15(12)27-8-7-26-2/h4-6,11H,3,7-10H2,1-2H3,(H2,21,23,24). The summed E-state index contributed by atoms with van der Waals surface area (Å²) in [5.74, 6) is 0.923. The van der Waals surface area contributed by atoms with E-state index in [9.17, 15) is 13.2 Å². The zero-order chi connectivity index (χ0) is 20.4. The SMILES string of the molecule is CCNC(=NCc1cccnc1OCCOC)NCc1nc(C(F)(F)F)cs1. The van der Waals surface area contributed by atoms with Crippen LogP contribution in [0.5, 0.6) is 5.88 Å². The van der Waals surface area contributed by atoms with Crippen LogP contribution in [-0.4, -0.2) is 42.8 Å². The molecule has 2 N–H and O–H groups in total. The van der Waals surface area contributed by atoms with Crippen molar-refractivity contribution in [3.63, 3.8) is 0 Å². The quantitative estimate of drug-likeness (QED) is 0.371. The molecule has 0 spiro atoms. The first-order valence-electron chi connectivity index (χ1n) is 8.53. The van der Waals surface area contributed by atoms with E-state index in [0.29, 0.717) is 36.6 Å². The molecule has 2 aromatic rings. The molecule has 0 aliphatic heterocycles. The van der Waals surface area contributed by atoms with E-state index < -0.39 is 11.9 Å². The predicted molar refractivity (Wildman–Crippen MR) is 100 cm³/mol. The van der Waals surface area contributed by atoms with Crippen LogP contribution in [0.2, 0.25) is 0 Å². The number of aromatic nitrogens is 2. The monoisotopic (exact) mass is 417 g/mol. The molecular weight excluding hydrogens is 395 g/mol. The van der Waals surface area contributed by atoms with E-state index in [1.54, 1.807) is 19.4 Å². The molecule has 2 heterocycles. The molecule has 0 aliphatic rings. The highest BCUT2D eigenvalue weighted by Gasteiger charge is 2.33. The number of guanidine groups is 1. The number of nitrogens with zero attached hydrogens (tertiary/aromatic N) is 3. The van der Waals surface area contributed by atoms with Crippen LogP contribution in [0.3, 0.4) is 0 Å². The molecule has 11 heteroatoms. The van der Waals surface area contributed by atoms with Gasteiger partial charge in [-0.3, -0.25) is 0 Å². The van der Waals surface area contributed by atoms with Crippen LogP contribution in [-0.2, 0) is 24.0 Å². The van der Waals surface area contributed by atoms with Crippen LogP contribution < -0.4 is 15.4 Å². The third-order valence-corrected chi connectivity index (χ3v) is 4.23. The van der Waals surface area contributed by atoms with Gasteiger partial charge in [-0.05, 0) is 13.0 Å². The van der Waals surface area contributed by atoms with E-state index in [-0.39, 0.29) is 13.1 Å². The number of hydrogen-bond donors (Lipinski definition) is 2. The summed E-state index contributed by atoms with van der Waals surface area (Å²) in [6.07, 6.45) is -2.81. The molecule has 2 rings (SSSR count). The van der Waals surface area contributed by atoms with Crippen LogP contribution in [0, 0.1) is 0 Å². The minimum absolute atomic E-state index is 0.136. The van der Waals surface area contributed by atoms with Crippen molar-refractivity contribution in [1.82, 2.24) is 20.6 Å². The van der Waals surface area contributed by atoms with Gasteiger partial charge in [0.05, 0.1) is 19.7 Å². The largest absolute Gasteiger partial charge is 0.475 e. The predicted octanol–water partition coefficient (Wildman–Crippen LogP) is 2.84. The highest BCUT2D eigenvalue weighted by molar-refractivity contribution is 7.09. The summed E-state index contributed by atoms with van der Waals surface area (Å²) < 4.78 is 48.4. The topological polar surface area (TPSA) is 80.7 Å². The number of halogens is 3. The van der Waals surface area contributed by atoms with Crippen molar-refractivity contribution < 1.29 is 22.6 Å². The summed E-state index contributed by atoms with van der Waals surface area (Å²) in [6.45, 7) is 3.73. The van der Waals surface area contributed by atoms with E-state index >= 15 is 0 Å². The number of hydrogen-bond acceptors (Lipinski definition) is 6. The average Bonchev–Trinajstić information content (AvgIpc) is 3.15. The Morgan fingerprint density at radius 1 is 1.29 bits per heavy atom.